The maximum Gasteiger partial charge on any atom is 0.263 e. The monoisotopic (exact) mass is 454 g/mol. The Balaban J connectivity index is 1.86. The molecular formula is C24H30N4O5. The van der Waals surface area contributed by atoms with Crippen LogP contribution in [0.25, 0.3) is 0 Å². The molecule has 1 heterocycles. The molecule has 3 N–H and O–H groups in total. The van der Waals surface area contributed by atoms with Crippen molar-refractivity contribution in [3.8, 4) is 11.5 Å². The number of hydrogen-bond acceptors (Lipinski definition) is 6. The number of nitrogens with two attached hydrogens (primary N) is 1. The molecule has 3 rings (SSSR count). The van der Waals surface area contributed by atoms with E-state index in [2.05, 4.69) is 5.32 Å². The average Bonchev–Trinajstić information content (AvgIpc) is 2.86. The normalized spacial score (nSPS) is 15.7. The van der Waals surface area contributed by atoms with Crippen LogP contribution >= 0.6 is 0 Å². The first-order chi connectivity index (χ1) is 16.0. The summed E-state index contributed by atoms with van der Waals surface area (Å²) in [5, 5.41) is 2.73. The number of nitrogens with one attached hydrogen (secondary N) is 1. The number of benzene rings is 2. The Morgan fingerprint density at radius 3 is 2.36 bits per heavy atom. The summed E-state index contributed by atoms with van der Waals surface area (Å²) in [5.74, 6) is 0.215. The zero-order valence-electron chi connectivity index (χ0n) is 19.0. The van der Waals surface area contributed by atoms with Crippen LogP contribution < -0.4 is 20.5 Å². The van der Waals surface area contributed by atoms with Crippen LogP contribution in [0.4, 0.5) is 0 Å². The van der Waals surface area contributed by atoms with Crippen molar-refractivity contribution in [2.75, 3.05) is 40.4 Å². The largest absolute Gasteiger partial charge is 0.497 e. The molecule has 0 bridgehead atoms. The van der Waals surface area contributed by atoms with E-state index < -0.39 is 12.1 Å². The lowest BCUT2D eigenvalue weighted by atomic mass is 10.1. The van der Waals surface area contributed by atoms with Gasteiger partial charge >= 0.3 is 0 Å². The van der Waals surface area contributed by atoms with E-state index in [0.717, 1.165) is 5.56 Å². The lowest BCUT2D eigenvalue weighted by molar-refractivity contribution is -0.148. The van der Waals surface area contributed by atoms with Gasteiger partial charge in [0.2, 0.25) is 5.91 Å². The van der Waals surface area contributed by atoms with Gasteiger partial charge in [-0.15, -0.1) is 0 Å². The van der Waals surface area contributed by atoms with Crippen LogP contribution in [-0.2, 0) is 16.0 Å². The van der Waals surface area contributed by atoms with Gasteiger partial charge in [0, 0.05) is 31.7 Å². The molecule has 1 fully saturated rings. The SMILES string of the molecule is COc1ccc(CC(=O)N2CCCN(C(=O)c3cccc(OC)c3)C2C(=O)NCCN)cc1. The van der Waals surface area contributed by atoms with Gasteiger partial charge < -0.3 is 30.3 Å². The minimum absolute atomic E-state index is 0.103. The number of methoxy groups -OCH3 is 2. The Morgan fingerprint density at radius 2 is 1.70 bits per heavy atom. The van der Waals surface area contributed by atoms with E-state index in [0.29, 0.717) is 36.6 Å². The van der Waals surface area contributed by atoms with E-state index in [1.807, 2.05) is 12.1 Å². The third kappa shape index (κ3) is 5.81. The molecule has 9 nitrogen and oxygen atoms in total. The zero-order chi connectivity index (χ0) is 23.8. The number of nitrogens with zero attached hydrogens (tertiary/aromatic N) is 2. The van der Waals surface area contributed by atoms with Crippen molar-refractivity contribution in [1.29, 1.82) is 0 Å². The molecule has 9 heteroatoms. The van der Waals surface area contributed by atoms with E-state index in [4.69, 9.17) is 15.2 Å². The summed E-state index contributed by atoms with van der Waals surface area (Å²) in [6, 6.07) is 13.9. The number of ether oxygens (including phenoxy) is 2. The Morgan fingerprint density at radius 1 is 1.00 bits per heavy atom. The summed E-state index contributed by atoms with van der Waals surface area (Å²) in [4.78, 5) is 42.6. The van der Waals surface area contributed by atoms with E-state index >= 15 is 0 Å². The first-order valence-corrected chi connectivity index (χ1v) is 10.8. The van der Waals surface area contributed by atoms with Crippen molar-refractivity contribution in [2.24, 2.45) is 5.73 Å². The highest BCUT2D eigenvalue weighted by Gasteiger charge is 2.40. The summed E-state index contributed by atoms with van der Waals surface area (Å²) >= 11 is 0. The number of carbonyl (C=O) groups excluding carboxylic acids is 3. The molecule has 1 unspecified atom stereocenters. The van der Waals surface area contributed by atoms with Crippen molar-refractivity contribution < 1.29 is 23.9 Å². The first kappa shape index (κ1) is 24.1. The Kier molecular flexibility index (Phi) is 8.26. The standard InChI is InChI=1S/C24H30N4O5/c1-32-19-9-7-17(8-10-19)15-21(29)27-13-4-14-28(23(27)22(30)26-12-11-25)24(31)18-5-3-6-20(16-18)33-2/h3,5-10,16,23H,4,11-15,25H2,1-2H3,(H,26,30). The van der Waals surface area contributed by atoms with Gasteiger partial charge in [0.05, 0.1) is 20.6 Å². The number of amides is 3. The van der Waals surface area contributed by atoms with Gasteiger partial charge in [0.1, 0.15) is 11.5 Å². The van der Waals surface area contributed by atoms with Gasteiger partial charge in [-0.1, -0.05) is 18.2 Å². The second-order valence-electron chi connectivity index (χ2n) is 7.65. The molecule has 33 heavy (non-hydrogen) atoms. The van der Waals surface area contributed by atoms with Gasteiger partial charge in [-0.25, -0.2) is 0 Å². The van der Waals surface area contributed by atoms with Crippen LogP contribution in [0.1, 0.15) is 22.3 Å². The Hall–Kier alpha value is -3.59. The number of hydrogen-bond donors (Lipinski definition) is 2. The third-order valence-electron chi connectivity index (χ3n) is 5.48. The topological polar surface area (TPSA) is 114 Å². The molecule has 0 aliphatic carbocycles. The van der Waals surface area contributed by atoms with Crippen LogP contribution in [0.3, 0.4) is 0 Å². The van der Waals surface area contributed by atoms with Gasteiger partial charge in [0.15, 0.2) is 6.17 Å². The summed E-state index contributed by atoms with van der Waals surface area (Å²) in [6.07, 6.45) is -0.397. The van der Waals surface area contributed by atoms with Crippen LogP contribution in [0.5, 0.6) is 11.5 Å². The summed E-state index contributed by atoms with van der Waals surface area (Å²) < 4.78 is 10.4. The van der Waals surface area contributed by atoms with Gasteiger partial charge in [-0.05, 0) is 42.3 Å². The Bertz CT molecular complexity index is 979. The van der Waals surface area contributed by atoms with Crippen LogP contribution in [0.2, 0.25) is 0 Å². The van der Waals surface area contributed by atoms with Crippen LogP contribution in [0.15, 0.2) is 48.5 Å². The molecule has 1 aliphatic rings. The highest BCUT2D eigenvalue weighted by atomic mass is 16.5. The van der Waals surface area contributed by atoms with Crippen molar-refractivity contribution in [2.45, 2.75) is 19.0 Å². The molecular weight excluding hydrogens is 424 g/mol. The fourth-order valence-corrected chi connectivity index (χ4v) is 3.81. The van der Waals surface area contributed by atoms with Crippen LogP contribution in [0, 0.1) is 0 Å². The maximum absolute atomic E-state index is 13.4. The predicted molar refractivity (Wildman–Crippen MR) is 123 cm³/mol. The molecule has 1 aliphatic heterocycles. The summed E-state index contributed by atoms with van der Waals surface area (Å²) in [5.41, 5.74) is 6.72. The van der Waals surface area contributed by atoms with E-state index in [1.165, 1.54) is 16.9 Å². The fraction of sp³-hybridized carbons (Fsp3) is 0.375. The average molecular weight is 455 g/mol. The van der Waals surface area contributed by atoms with Crippen molar-refractivity contribution in [1.82, 2.24) is 15.1 Å². The zero-order valence-corrected chi connectivity index (χ0v) is 19.0. The predicted octanol–water partition coefficient (Wildman–Crippen LogP) is 1.02. The molecule has 1 atom stereocenters. The van der Waals surface area contributed by atoms with E-state index in [1.54, 1.807) is 43.5 Å². The fourth-order valence-electron chi connectivity index (χ4n) is 3.81. The summed E-state index contributed by atoms with van der Waals surface area (Å²) in [7, 11) is 3.10. The molecule has 2 aromatic rings. The molecule has 0 radical (unpaired) electrons. The van der Waals surface area contributed by atoms with Gasteiger partial charge in [-0.3, -0.25) is 14.4 Å². The third-order valence-corrected chi connectivity index (χ3v) is 5.48. The Labute approximate surface area is 193 Å². The number of carbonyl (C=O) groups is 3. The second kappa shape index (κ2) is 11.3. The molecule has 1 saturated heterocycles. The van der Waals surface area contributed by atoms with Crippen molar-refractivity contribution in [3.05, 3.63) is 59.7 Å². The minimum Gasteiger partial charge on any atom is -0.497 e. The molecule has 3 amide bonds. The molecule has 2 aromatic carbocycles. The van der Waals surface area contributed by atoms with Crippen molar-refractivity contribution in [3.63, 3.8) is 0 Å². The lowest BCUT2D eigenvalue weighted by Crippen LogP contribution is -2.64. The summed E-state index contributed by atoms with van der Waals surface area (Å²) in [6.45, 7) is 1.22. The first-order valence-electron chi connectivity index (χ1n) is 10.8. The van der Waals surface area contributed by atoms with Gasteiger partial charge in [0.25, 0.3) is 11.8 Å². The van der Waals surface area contributed by atoms with E-state index in [-0.39, 0.29) is 31.3 Å². The smallest absolute Gasteiger partial charge is 0.263 e. The quantitative estimate of drug-likeness (QED) is 0.616. The molecule has 0 aromatic heterocycles. The molecule has 176 valence electrons. The van der Waals surface area contributed by atoms with E-state index in [9.17, 15) is 14.4 Å². The lowest BCUT2D eigenvalue weighted by Gasteiger charge is -2.42. The molecule has 0 saturated carbocycles. The van der Waals surface area contributed by atoms with Crippen molar-refractivity contribution >= 4 is 17.7 Å². The second-order valence-corrected chi connectivity index (χ2v) is 7.65. The molecule has 0 spiro atoms. The van der Waals surface area contributed by atoms with Crippen LogP contribution in [-0.4, -0.2) is 74.1 Å². The maximum atomic E-state index is 13.4. The highest BCUT2D eigenvalue weighted by molar-refractivity contribution is 5.99. The minimum atomic E-state index is -1.06. The van der Waals surface area contributed by atoms with Gasteiger partial charge in [-0.2, -0.15) is 0 Å². The highest BCUT2D eigenvalue weighted by Crippen LogP contribution is 2.22. The number of rotatable bonds is 8.